The highest BCUT2D eigenvalue weighted by atomic mass is 19.2. The molecule has 2 aromatic rings. The van der Waals surface area contributed by atoms with Crippen molar-refractivity contribution in [3.05, 3.63) is 71.3 Å². The summed E-state index contributed by atoms with van der Waals surface area (Å²) in [5.41, 5.74) is 0.878. The van der Waals surface area contributed by atoms with E-state index in [9.17, 15) is 13.6 Å². The third-order valence-electron chi connectivity index (χ3n) is 2.73. The average Bonchev–Trinajstić information content (AvgIpc) is 2.47. The predicted molar refractivity (Wildman–Crippen MR) is 72.7 cm³/mol. The van der Waals surface area contributed by atoms with Gasteiger partial charge in [0.2, 0.25) is 0 Å². The minimum atomic E-state index is -1.04. The molecule has 0 N–H and O–H groups in total. The van der Waals surface area contributed by atoms with Gasteiger partial charge in [0.05, 0.1) is 7.11 Å². The maximum atomic E-state index is 13.0. The summed E-state index contributed by atoms with van der Waals surface area (Å²) >= 11 is 0. The first-order chi connectivity index (χ1) is 9.60. The van der Waals surface area contributed by atoms with Gasteiger partial charge in [-0.2, -0.15) is 0 Å². The predicted octanol–water partition coefficient (Wildman–Crippen LogP) is 3.87. The molecule has 0 atom stereocenters. The van der Waals surface area contributed by atoms with E-state index in [-0.39, 0.29) is 5.56 Å². The maximum Gasteiger partial charge on any atom is 0.185 e. The van der Waals surface area contributed by atoms with Crippen LogP contribution in [0, 0.1) is 11.6 Å². The van der Waals surface area contributed by atoms with Crippen molar-refractivity contribution in [1.29, 1.82) is 0 Å². The number of benzene rings is 2. The minimum absolute atomic E-state index is 0.100. The van der Waals surface area contributed by atoms with Crippen molar-refractivity contribution in [2.24, 2.45) is 0 Å². The zero-order chi connectivity index (χ0) is 14.5. The molecule has 0 aliphatic heterocycles. The molecule has 4 heteroatoms. The summed E-state index contributed by atoms with van der Waals surface area (Å²) in [5.74, 6) is -1.73. The summed E-state index contributed by atoms with van der Waals surface area (Å²) in [4.78, 5) is 11.8. The Kier molecular flexibility index (Phi) is 4.25. The normalized spacial score (nSPS) is 10.8. The number of ether oxygens (including phenoxy) is 1. The Bertz CT molecular complexity index is 663. The molecular formula is C16H12F2O2. The Morgan fingerprint density at radius 1 is 1.10 bits per heavy atom. The van der Waals surface area contributed by atoms with Crippen LogP contribution in [0.25, 0.3) is 6.08 Å². The zero-order valence-corrected chi connectivity index (χ0v) is 10.8. The standard InChI is InChI=1S/C16H12F2O2/c1-20-13-4-2-3-11(9-13)5-8-16(19)12-6-7-14(17)15(18)10-12/h2-10H,1H3. The Morgan fingerprint density at radius 3 is 2.60 bits per heavy atom. The molecule has 0 radical (unpaired) electrons. The fraction of sp³-hybridized carbons (Fsp3) is 0.0625. The number of halogens is 2. The maximum absolute atomic E-state index is 13.0. The first kappa shape index (κ1) is 13.9. The molecule has 0 aliphatic rings. The van der Waals surface area contributed by atoms with E-state index in [1.54, 1.807) is 37.5 Å². The lowest BCUT2D eigenvalue weighted by atomic mass is 10.1. The molecule has 0 aliphatic carbocycles. The van der Waals surface area contributed by atoms with Gasteiger partial charge in [0.1, 0.15) is 5.75 Å². The van der Waals surface area contributed by atoms with Gasteiger partial charge in [-0.3, -0.25) is 4.79 Å². The molecule has 2 rings (SSSR count). The molecule has 102 valence electrons. The molecule has 2 aromatic carbocycles. The van der Waals surface area contributed by atoms with E-state index >= 15 is 0 Å². The van der Waals surface area contributed by atoms with Crippen molar-refractivity contribution < 1.29 is 18.3 Å². The van der Waals surface area contributed by atoms with Crippen LogP contribution in [0.3, 0.4) is 0 Å². The van der Waals surface area contributed by atoms with E-state index in [1.165, 1.54) is 12.1 Å². The molecule has 0 saturated carbocycles. The number of allylic oxidation sites excluding steroid dienone is 1. The fourth-order valence-electron chi connectivity index (χ4n) is 1.66. The lowest BCUT2D eigenvalue weighted by Crippen LogP contribution is -1.96. The van der Waals surface area contributed by atoms with Crippen LogP contribution in [0.15, 0.2) is 48.5 Å². The van der Waals surface area contributed by atoms with Crippen LogP contribution in [0.2, 0.25) is 0 Å². The molecule has 0 bridgehead atoms. The van der Waals surface area contributed by atoms with E-state index in [4.69, 9.17) is 4.74 Å². The second kappa shape index (κ2) is 6.10. The molecule has 0 saturated heterocycles. The highest BCUT2D eigenvalue weighted by Gasteiger charge is 2.07. The van der Waals surface area contributed by atoms with Gasteiger partial charge in [-0.25, -0.2) is 8.78 Å². The number of methoxy groups -OCH3 is 1. The summed E-state index contributed by atoms with van der Waals surface area (Å²) in [6, 6.07) is 10.2. The summed E-state index contributed by atoms with van der Waals surface area (Å²) in [5, 5.41) is 0. The highest BCUT2D eigenvalue weighted by Crippen LogP contribution is 2.15. The number of carbonyl (C=O) groups is 1. The van der Waals surface area contributed by atoms with Crippen LogP contribution in [-0.4, -0.2) is 12.9 Å². The van der Waals surface area contributed by atoms with Gasteiger partial charge in [0.25, 0.3) is 0 Å². The van der Waals surface area contributed by atoms with E-state index in [0.29, 0.717) is 5.75 Å². The molecule has 0 spiro atoms. The van der Waals surface area contributed by atoms with Crippen molar-refractivity contribution >= 4 is 11.9 Å². The van der Waals surface area contributed by atoms with E-state index in [0.717, 1.165) is 17.7 Å². The number of ketones is 1. The summed E-state index contributed by atoms with van der Waals surface area (Å²) < 4.78 is 30.9. The van der Waals surface area contributed by atoms with Gasteiger partial charge < -0.3 is 4.74 Å². The smallest absolute Gasteiger partial charge is 0.185 e. The second-order valence-electron chi connectivity index (χ2n) is 4.10. The van der Waals surface area contributed by atoms with Crippen LogP contribution in [0.4, 0.5) is 8.78 Å². The van der Waals surface area contributed by atoms with Gasteiger partial charge in [0, 0.05) is 5.56 Å². The molecule has 0 heterocycles. The first-order valence-corrected chi connectivity index (χ1v) is 5.91. The Hall–Kier alpha value is -2.49. The lowest BCUT2D eigenvalue weighted by molar-refractivity contribution is 0.104. The van der Waals surface area contributed by atoms with Crippen molar-refractivity contribution in [2.75, 3.05) is 7.11 Å². The molecule has 0 amide bonds. The Labute approximate surface area is 115 Å². The minimum Gasteiger partial charge on any atom is -0.497 e. The van der Waals surface area contributed by atoms with Crippen molar-refractivity contribution in [3.8, 4) is 5.75 Å². The quantitative estimate of drug-likeness (QED) is 0.625. The van der Waals surface area contributed by atoms with Gasteiger partial charge in [0.15, 0.2) is 17.4 Å². The third kappa shape index (κ3) is 3.29. The molecule has 0 unspecified atom stereocenters. The van der Waals surface area contributed by atoms with Gasteiger partial charge in [-0.15, -0.1) is 0 Å². The number of carbonyl (C=O) groups excluding carboxylic acids is 1. The lowest BCUT2D eigenvalue weighted by Gasteiger charge is -2.00. The summed E-state index contributed by atoms with van der Waals surface area (Å²) in [6.07, 6.45) is 2.90. The topological polar surface area (TPSA) is 26.3 Å². The molecular weight excluding hydrogens is 262 g/mol. The SMILES string of the molecule is COc1cccc(C=CC(=O)c2ccc(F)c(F)c2)c1. The van der Waals surface area contributed by atoms with Crippen LogP contribution >= 0.6 is 0 Å². The fourth-order valence-corrected chi connectivity index (χ4v) is 1.66. The second-order valence-corrected chi connectivity index (χ2v) is 4.10. The molecule has 20 heavy (non-hydrogen) atoms. The van der Waals surface area contributed by atoms with Crippen molar-refractivity contribution in [3.63, 3.8) is 0 Å². The van der Waals surface area contributed by atoms with Crippen molar-refractivity contribution in [1.82, 2.24) is 0 Å². The summed E-state index contributed by atoms with van der Waals surface area (Å²) in [7, 11) is 1.55. The van der Waals surface area contributed by atoms with Crippen LogP contribution in [0.5, 0.6) is 5.75 Å². The molecule has 2 nitrogen and oxygen atoms in total. The Morgan fingerprint density at radius 2 is 1.90 bits per heavy atom. The number of hydrogen-bond donors (Lipinski definition) is 0. The van der Waals surface area contributed by atoms with E-state index in [1.807, 2.05) is 0 Å². The van der Waals surface area contributed by atoms with Gasteiger partial charge >= 0.3 is 0 Å². The first-order valence-electron chi connectivity index (χ1n) is 5.91. The average molecular weight is 274 g/mol. The highest BCUT2D eigenvalue weighted by molar-refractivity contribution is 6.06. The van der Waals surface area contributed by atoms with E-state index < -0.39 is 17.4 Å². The van der Waals surface area contributed by atoms with Crippen molar-refractivity contribution in [2.45, 2.75) is 0 Å². The Balaban J connectivity index is 2.17. The van der Waals surface area contributed by atoms with Crippen LogP contribution in [0.1, 0.15) is 15.9 Å². The molecule has 0 fully saturated rings. The number of rotatable bonds is 4. The van der Waals surface area contributed by atoms with Gasteiger partial charge in [-0.1, -0.05) is 18.2 Å². The molecule has 0 aromatic heterocycles. The summed E-state index contributed by atoms with van der Waals surface area (Å²) in [6.45, 7) is 0. The van der Waals surface area contributed by atoms with E-state index in [2.05, 4.69) is 0 Å². The van der Waals surface area contributed by atoms with Crippen LogP contribution in [-0.2, 0) is 0 Å². The third-order valence-corrected chi connectivity index (χ3v) is 2.73. The monoisotopic (exact) mass is 274 g/mol. The van der Waals surface area contributed by atoms with Gasteiger partial charge in [-0.05, 0) is 42.0 Å². The number of hydrogen-bond acceptors (Lipinski definition) is 2. The van der Waals surface area contributed by atoms with Crippen LogP contribution < -0.4 is 4.74 Å². The largest absolute Gasteiger partial charge is 0.497 e. The zero-order valence-electron chi connectivity index (χ0n) is 10.8.